The molecule has 1 rings (SSSR count). The molecule has 0 fully saturated rings. The van der Waals surface area contributed by atoms with Crippen LogP contribution in [-0.4, -0.2) is 26.0 Å². The maximum Gasteiger partial charge on any atom is 0.242 e. The van der Waals surface area contributed by atoms with Gasteiger partial charge in [-0.05, 0) is 31.4 Å². The molecule has 1 aromatic heterocycles. The highest BCUT2D eigenvalue weighted by Gasteiger charge is 2.22. The summed E-state index contributed by atoms with van der Waals surface area (Å²) in [5, 5.41) is 3.12. The normalized spacial score (nSPS) is 13.4. The van der Waals surface area contributed by atoms with E-state index in [1.807, 2.05) is 6.92 Å². The Morgan fingerprint density at radius 1 is 1.19 bits per heavy atom. The predicted octanol–water partition coefficient (Wildman–Crippen LogP) is 3.01. The van der Waals surface area contributed by atoms with Gasteiger partial charge in [0.2, 0.25) is 10.0 Å². The van der Waals surface area contributed by atoms with Gasteiger partial charge in [-0.3, -0.25) is 0 Å². The highest BCUT2D eigenvalue weighted by Crippen LogP contribution is 2.16. The first-order valence-corrected chi connectivity index (χ1v) is 9.15. The number of nitrogens with one attached hydrogen (secondary N) is 2. The average molecular weight is 313 g/mol. The molecule has 1 unspecified atom stereocenters. The van der Waals surface area contributed by atoms with Crippen molar-refractivity contribution in [2.75, 3.05) is 11.9 Å². The van der Waals surface area contributed by atoms with Crippen LogP contribution >= 0.6 is 0 Å². The first-order chi connectivity index (χ1) is 9.94. The molecule has 0 aliphatic rings. The van der Waals surface area contributed by atoms with Gasteiger partial charge in [0, 0.05) is 18.8 Å². The molecule has 5 nitrogen and oxygen atoms in total. The van der Waals surface area contributed by atoms with Crippen molar-refractivity contribution in [2.24, 2.45) is 5.92 Å². The van der Waals surface area contributed by atoms with Crippen LogP contribution in [-0.2, 0) is 10.0 Å². The molecule has 1 aromatic rings. The number of nitrogens with zero attached hydrogens (tertiary/aromatic N) is 1. The molecule has 0 radical (unpaired) electrons. The van der Waals surface area contributed by atoms with Gasteiger partial charge >= 0.3 is 0 Å². The van der Waals surface area contributed by atoms with Gasteiger partial charge in [0.1, 0.15) is 10.7 Å². The first-order valence-electron chi connectivity index (χ1n) is 7.66. The molecule has 0 amide bonds. The summed E-state index contributed by atoms with van der Waals surface area (Å²) < 4.78 is 27.4. The molecule has 1 heterocycles. The fraction of sp³-hybridized carbons (Fsp3) is 0.667. The third kappa shape index (κ3) is 5.28. The molecule has 120 valence electrons. The van der Waals surface area contributed by atoms with Crippen molar-refractivity contribution in [3.8, 4) is 0 Å². The van der Waals surface area contributed by atoms with Crippen LogP contribution in [0.3, 0.4) is 0 Å². The number of rotatable bonds is 9. The molecule has 0 aromatic carbocycles. The summed E-state index contributed by atoms with van der Waals surface area (Å²) in [6.45, 7) is 8.96. The van der Waals surface area contributed by atoms with E-state index in [0.29, 0.717) is 11.7 Å². The van der Waals surface area contributed by atoms with E-state index in [1.54, 1.807) is 12.1 Å². The number of sulfonamides is 1. The van der Waals surface area contributed by atoms with Crippen molar-refractivity contribution in [3.05, 3.63) is 18.3 Å². The minimum Gasteiger partial charge on any atom is -0.370 e. The van der Waals surface area contributed by atoms with E-state index in [-0.39, 0.29) is 10.9 Å². The minimum absolute atomic E-state index is 0.0807. The zero-order valence-electron chi connectivity index (χ0n) is 13.4. The highest BCUT2D eigenvalue weighted by atomic mass is 32.2. The Hall–Kier alpha value is -1.14. The highest BCUT2D eigenvalue weighted by molar-refractivity contribution is 7.89. The SMILES string of the molecule is CCCNc1ccc(S(=O)(=O)NC(C)C(CC)CC)cn1. The Morgan fingerprint density at radius 2 is 1.86 bits per heavy atom. The van der Waals surface area contributed by atoms with Crippen LogP contribution in [0.5, 0.6) is 0 Å². The topological polar surface area (TPSA) is 71.1 Å². The van der Waals surface area contributed by atoms with Crippen molar-refractivity contribution in [2.45, 2.75) is 57.9 Å². The van der Waals surface area contributed by atoms with Gasteiger partial charge in [-0.1, -0.05) is 33.6 Å². The largest absolute Gasteiger partial charge is 0.370 e. The van der Waals surface area contributed by atoms with Crippen LogP contribution in [0.1, 0.15) is 47.0 Å². The summed E-state index contributed by atoms with van der Waals surface area (Å²) in [5.41, 5.74) is 0. The molecule has 6 heteroatoms. The molecule has 0 aliphatic heterocycles. The van der Waals surface area contributed by atoms with Gasteiger partial charge in [-0.2, -0.15) is 0 Å². The fourth-order valence-corrected chi connectivity index (χ4v) is 3.56. The molecular weight excluding hydrogens is 286 g/mol. The van der Waals surface area contributed by atoms with Crippen LogP contribution in [0.25, 0.3) is 0 Å². The van der Waals surface area contributed by atoms with E-state index >= 15 is 0 Å². The zero-order valence-corrected chi connectivity index (χ0v) is 14.2. The number of pyridine rings is 1. The molecule has 21 heavy (non-hydrogen) atoms. The van der Waals surface area contributed by atoms with E-state index in [1.165, 1.54) is 6.20 Å². The third-order valence-electron chi connectivity index (χ3n) is 3.70. The Kier molecular flexibility index (Phi) is 7.11. The lowest BCUT2D eigenvalue weighted by Crippen LogP contribution is -2.37. The summed E-state index contributed by atoms with van der Waals surface area (Å²) in [7, 11) is -3.50. The summed E-state index contributed by atoms with van der Waals surface area (Å²) >= 11 is 0. The van der Waals surface area contributed by atoms with Crippen LogP contribution in [0.4, 0.5) is 5.82 Å². The van der Waals surface area contributed by atoms with E-state index < -0.39 is 10.0 Å². The Morgan fingerprint density at radius 3 is 2.33 bits per heavy atom. The Bertz CT molecular complexity index is 510. The third-order valence-corrected chi connectivity index (χ3v) is 5.24. The van der Waals surface area contributed by atoms with Crippen LogP contribution in [0.2, 0.25) is 0 Å². The van der Waals surface area contributed by atoms with E-state index in [9.17, 15) is 8.42 Å². The van der Waals surface area contributed by atoms with E-state index in [4.69, 9.17) is 0 Å². The van der Waals surface area contributed by atoms with Crippen molar-refractivity contribution in [1.82, 2.24) is 9.71 Å². The van der Waals surface area contributed by atoms with Gasteiger partial charge < -0.3 is 5.32 Å². The molecule has 0 saturated carbocycles. The fourth-order valence-electron chi connectivity index (χ4n) is 2.30. The molecule has 2 N–H and O–H groups in total. The average Bonchev–Trinajstić information content (AvgIpc) is 2.46. The lowest BCUT2D eigenvalue weighted by molar-refractivity contribution is 0.390. The van der Waals surface area contributed by atoms with Gasteiger partial charge in [0.15, 0.2) is 0 Å². The van der Waals surface area contributed by atoms with Crippen molar-refractivity contribution in [1.29, 1.82) is 0 Å². The van der Waals surface area contributed by atoms with Crippen LogP contribution < -0.4 is 10.0 Å². The minimum atomic E-state index is -3.50. The zero-order chi connectivity index (χ0) is 15.9. The maximum atomic E-state index is 12.3. The summed E-state index contributed by atoms with van der Waals surface area (Å²) in [5.74, 6) is 1.04. The molecular formula is C15H27N3O2S. The molecule has 0 aliphatic carbocycles. The smallest absolute Gasteiger partial charge is 0.242 e. The van der Waals surface area contributed by atoms with Gasteiger partial charge in [0.25, 0.3) is 0 Å². The van der Waals surface area contributed by atoms with E-state index in [0.717, 1.165) is 25.8 Å². The second-order valence-corrected chi connectivity index (χ2v) is 7.01. The summed E-state index contributed by atoms with van der Waals surface area (Å²) in [6, 6.07) is 3.21. The van der Waals surface area contributed by atoms with Gasteiger partial charge in [-0.15, -0.1) is 0 Å². The summed E-state index contributed by atoms with van der Waals surface area (Å²) in [6.07, 6.45) is 4.31. The summed E-state index contributed by atoms with van der Waals surface area (Å²) in [4.78, 5) is 4.36. The van der Waals surface area contributed by atoms with Crippen molar-refractivity contribution in [3.63, 3.8) is 0 Å². The van der Waals surface area contributed by atoms with Gasteiger partial charge in [0.05, 0.1) is 0 Å². The number of hydrogen-bond acceptors (Lipinski definition) is 4. The monoisotopic (exact) mass is 313 g/mol. The van der Waals surface area contributed by atoms with Crippen molar-refractivity contribution >= 4 is 15.8 Å². The second-order valence-electron chi connectivity index (χ2n) is 5.29. The molecule has 0 saturated heterocycles. The maximum absolute atomic E-state index is 12.3. The molecule has 0 spiro atoms. The number of aromatic nitrogens is 1. The quantitative estimate of drug-likeness (QED) is 0.735. The number of anilines is 1. The van der Waals surface area contributed by atoms with Crippen LogP contribution in [0, 0.1) is 5.92 Å². The predicted molar refractivity (Wildman–Crippen MR) is 86.9 cm³/mol. The standard InChI is InChI=1S/C15H27N3O2S/c1-5-10-16-15-9-8-14(11-17-15)21(19,20)18-12(4)13(6-2)7-3/h8-9,11-13,18H,5-7,10H2,1-4H3,(H,16,17). The number of hydrogen-bond donors (Lipinski definition) is 2. The Labute approximate surface area is 128 Å². The Balaban J connectivity index is 2.78. The molecule has 0 bridgehead atoms. The van der Waals surface area contributed by atoms with Gasteiger partial charge in [-0.25, -0.2) is 18.1 Å². The first kappa shape index (κ1) is 17.9. The van der Waals surface area contributed by atoms with E-state index in [2.05, 4.69) is 35.8 Å². The lowest BCUT2D eigenvalue weighted by Gasteiger charge is -2.22. The second kappa shape index (κ2) is 8.34. The lowest BCUT2D eigenvalue weighted by atomic mass is 9.96. The molecule has 1 atom stereocenters. The van der Waals surface area contributed by atoms with Crippen LogP contribution in [0.15, 0.2) is 23.2 Å². The van der Waals surface area contributed by atoms with Crippen molar-refractivity contribution < 1.29 is 8.42 Å².